The number of fused-ring (bicyclic) bond motifs is 5. The molecule has 11 N–H and O–H groups in total. The first-order valence-corrected chi connectivity index (χ1v) is 27.7. The van der Waals surface area contributed by atoms with Crippen molar-refractivity contribution in [2.24, 2.45) is 69.8 Å². The lowest BCUT2D eigenvalue weighted by Gasteiger charge is -2.66. The smallest absolute Gasteiger partial charge is 0.182 e. The SMILES string of the molecule is CCC[C@H]1CC[C@H]2[C@@H]3CCCC[C@](O)([C@](C)(O)[C@H]4CC[C@@]5(O)C6=C(NC[C@H](C)O)C(=O)[C@@H]7C[C@@H](O)[C@@H](O)C[C@@]78C[C@@H](C7=C(CCCO)NC(N)C=C7)C=C[C@H](C[C@]45C4CCCC4)[C@@H]68)[C@@H]3O[C@@H]2CC1. The highest BCUT2D eigenvalue weighted by Gasteiger charge is 2.78. The molecule has 2 aliphatic heterocycles. The molecule has 7 fully saturated rings. The van der Waals surface area contributed by atoms with Crippen LogP contribution in [-0.2, 0) is 9.53 Å². The number of nitrogens with one attached hydrogen (secondary N) is 2. The van der Waals surface area contributed by atoms with E-state index in [9.17, 15) is 35.7 Å². The summed E-state index contributed by atoms with van der Waals surface area (Å²) in [5.74, 6) is -1.01. The average molecular weight is 946 g/mol. The lowest BCUT2D eigenvalue weighted by molar-refractivity contribution is -0.263. The minimum Gasteiger partial charge on any atom is -0.396 e. The molecule has 0 aromatic heterocycles. The average Bonchev–Trinajstić information content (AvgIpc) is 3.95. The number of ketones is 1. The van der Waals surface area contributed by atoms with Crippen molar-refractivity contribution in [3.05, 3.63) is 46.8 Å². The highest BCUT2D eigenvalue weighted by molar-refractivity contribution is 6.00. The van der Waals surface area contributed by atoms with Crippen molar-refractivity contribution in [3.63, 3.8) is 0 Å². The Labute approximate surface area is 405 Å². The third-order valence-corrected chi connectivity index (χ3v) is 21.2. The molecule has 8 aliphatic carbocycles. The van der Waals surface area contributed by atoms with Gasteiger partial charge in [-0.2, -0.15) is 0 Å². The fourth-order valence-electron chi connectivity index (χ4n) is 18.4. The number of aliphatic hydroxyl groups is 7. The number of carbonyl (C=O) groups is 1. The number of ether oxygens (including phenoxy) is 1. The molecule has 380 valence electrons. The Morgan fingerprint density at radius 2 is 1.71 bits per heavy atom. The maximum atomic E-state index is 15.8. The van der Waals surface area contributed by atoms with E-state index in [1.165, 1.54) is 19.3 Å². The summed E-state index contributed by atoms with van der Waals surface area (Å²) in [5.41, 5.74) is 2.82. The van der Waals surface area contributed by atoms with Crippen LogP contribution in [0.25, 0.3) is 0 Å². The number of Topliss-reactive ketones (excluding diaryl/α,β-unsaturated/α-hetero) is 1. The Kier molecular flexibility index (Phi) is 13.6. The minimum absolute atomic E-state index is 0.00366. The molecule has 2 heterocycles. The summed E-state index contributed by atoms with van der Waals surface area (Å²) in [4.78, 5) is 15.8. The van der Waals surface area contributed by atoms with Crippen molar-refractivity contribution in [1.29, 1.82) is 0 Å². The van der Waals surface area contributed by atoms with Crippen molar-refractivity contribution in [1.82, 2.24) is 10.6 Å². The first-order valence-electron chi connectivity index (χ1n) is 27.7. The minimum atomic E-state index is -1.66. The maximum Gasteiger partial charge on any atom is 0.182 e. The monoisotopic (exact) mass is 946 g/mol. The van der Waals surface area contributed by atoms with Gasteiger partial charge >= 0.3 is 0 Å². The van der Waals surface area contributed by atoms with Gasteiger partial charge in [0, 0.05) is 36.1 Å². The van der Waals surface area contributed by atoms with Crippen molar-refractivity contribution in [2.45, 2.75) is 216 Å². The fourth-order valence-corrected chi connectivity index (χ4v) is 18.4. The Hall–Kier alpha value is -2.13. The van der Waals surface area contributed by atoms with Crippen molar-refractivity contribution in [3.8, 4) is 0 Å². The number of rotatable bonds is 12. The number of carbonyl (C=O) groups excluding carboxylic acids is 1. The maximum absolute atomic E-state index is 15.8. The second-order valence-corrected chi connectivity index (χ2v) is 24.6. The molecule has 0 aromatic rings. The van der Waals surface area contributed by atoms with Crippen LogP contribution in [0.15, 0.2) is 46.8 Å². The first kappa shape index (κ1) is 49.4. The Bertz CT molecular complexity index is 2010. The van der Waals surface area contributed by atoms with Gasteiger partial charge in [0.25, 0.3) is 0 Å². The predicted molar refractivity (Wildman–Crippen MR) is 260 cm³/mol. The molecule has 0 radical (unpaired) electrons. The normalized spacial score (nSPS) is 47.2. The van der Waals surface area contributed by atoms with Gasteiger partial charge in [-0.25, -0.2) is 0 Å². The van der Waals surface area contributed by atoms with Gasteiger partial charge < -0.3 is 56.8 Å². The summed E-state index contributed by atoms with van der Waals surface area (Å²) < 4.78 is 7.22. The zero-order chi connectivity index (χ0) is 48.0. The molecule has 12 heteroatoms. The van der Waals surface area contributed by atoms with E-state index in [0.717, 1.165) is 75.5 Å². The molecule has 1 unspecified atom stereocenters. The summed E-state index contributed by atoms with van der Waals surface area (Å²) in [7, 11) is 0. The van der Waals surface area contributed by atoms with Crippen LogP contribution in [0.5, 0.6) is 0 Å². The van der Waals surface area contributed by atoms with E-state index in [1.54, 1.807) is 6.92 Å². The lowest BCUT2D eigenvalue weighted by Crippen LogP contribution is -2.71. The van der Waals surface area contributed by atoms with Crippen LogP contribution in [0, 0.1) is 64.1 Å². The summed E-state index contributed by atoms with van der Waals surface area (Å²) in [6.07, 6.45) is 21.8. The number of allylic oxidation sites excluding steroid dienone is 6. The van der Waals surface area contributed by atoms with E-state index in [2.05, 4.69) is 35.8 Å². The summed E-state index contributed by atoms with van der Waals surface area (Å²) in [6.45, 7) is 5.97. The Morgan fingerprint density at radius 3 is 2.46 bits per heavy atom. The quantitative estimate of drug-likeness (QED) is 0.103. The highest BCUT2D eigenvalue weighted by atomic mass is 16.5. The first-order chi connectivity index (χ1) is 32.5. The van der Waals surface area contributed by atoms with Crippen LogP contribution in [0.1, 0.15) is 162 Å². The van der Waals surface area contributed by atoms with Gasteiger partial charge in [-0.1, -0.05) is 70.1 Å². The van der Waals surface area contributed by atoms with Gasteiger partial charge in [-0.05, 0) is 174 Å². The van der Waals surface area contributed by atoms with Gasteiger partial charge in [0.2, 0.25) is 0 Å². The van der Waals surface area contributed by atoms with Crippen LogP contribution < -0.4 is 16.4 Å². The molecular formula is C56H87N3O9. The van der Waals surface area contributed by atoms with Crippen molar-refractivity contribution < 1.29 is 45.3 Å². The standard InChI is InChI=1S/C56H87N3O9/c1-4-10-33-15-19-38-39-13-7-8-24-56(67,51(39)68-44(38)21-16-33)52(3,65)45-23-25-55(66)48-47-35(29-54(45,55)36-11-5-6-12-36)18-17-34(37-20-22-46(57)59-41(37)14-9-26-60)28-53(47)30-43(63)42(62)27-40(53)50(64)49(48)58-31-32(2)61/h17-18,20,22,32-36,38-40,42-47,51,58-63,65-67H,4-16,19,21,23-31,57H2,1-3H3/t32-,33-,34-,35+,38-,39-,40-,42+,43-,44+,45+,46?,47-,51+,52+,53-,54-,55+,56+/m0/s1. The van der Waals surface area contributed by atoms with E-state index in [4.69, 9.17) is 10.5 Å². The predicted octanol–water partition coefficient (Wildman–Crippen LogP) is 5.96. The molecule has 12 nitrogen and oxygen atoms in total. The summed E-state index contributed by atoms with van der Waals surface area (Å²) in [5, 5.41) is 93.5. The van der Waals surface area contributed by atoms with Crippen molar-refractivity contribution >= 4 is 5.78 Å². The summed E-state index contributed by atoms with van der Waals surface area (Å²) in [6, 6.07) is 0. The third-order valence-electron chi connectivity index (χ3n) is 21.2. The molecule has 0 amide bonds. The van der Waals surface area contributed by atoms with Gasteiger partial charge in [-0.3, -0.25) is 4.79 Å². The topological polar surface area (TPSA) is 218 Å². The lowest BCUT2D eigenvalue weighted by atomic mass is 9.39. The molecular weight excluding hydrogens is 859 g/mol. The zero-order valence-corrected chi connectivity index (χ0v) is 41.5. The van der Waals surface area contributed by atoms with Crippen LogP contribution in [0.2, 0.25) is 0 Å². The molecule has 10 rings (SSSR count). The summed E-state index contributed by atoms with van der Waals surface area (Å²) >= 11 is 0. The second kappa shape index (κ2) is 18.7. The Balaban J connectivity index is 1.14. The number of hydrogen-bond acceptors (Lipinski definition) is 12. The van der Waals surface area contributed by atoms with E-state index in [1.807, 2.05) is 13.0 Å². The number of hydrogen-bond donors (Lipinski definition) is 10. The Morgan fingerprint density at radius 1 is 0.941 bits per heavy atom. The van der Waals surface area contributed by atoms with Crippen LogP contribution in [0.4, 0.5) is 0 Å². The van der Waals surface area contributed by atoms with E-state index in [-0.39, 0.29) is 67.7 Å². The third kappa shape index (κ3) is 7.63. The van der Waals surface area contributed by atoms with Gasteiger partial charge in [0.15, 0.2) is 5.78 Å². The van der Waals surface area contributed by atoms with Crippen LogP contribution >= 0.6 is 0 Å². The van der Waals surface area contributed by atoms with E-state index < -0.39 is 69.8 Å². The fraction of sp³-hybridized carbons (Fsp3) is 0.839. The van der Waals surface area contributed by atoms with Gasteiger partial charge in [0.05, 0.1) is 53.6 Å². The molecule has 1 saturated heterocycles. The van der Waals surface area contributed by atoms with E-state index in [0.29, 0.717) is 68.1 Å². The van der Waals surface area contributed by atoms with Gasteiger partial charge in [0.1, 0.15) is 5.60 Å². The highest BCUT2D eigenvalue weighted by Crippen LogP contribution is 2.76. The second-order valence-electron chi connectivity index (χ2n) is 24.6. The molecule has 1 spiro atoms. The molecule has 10 aliphatic rings. The van der Waals surface area contributed by atoms with Crippen LogP contribution in [0.3, 0.4) is 0 Å². The van der Waals surface area contributed by atoms with E-state index >= 15 is 4.79 Å². The number of dihydropyridines is 1. The van der Waals surface area contributed by atoms with Crippen molar-refractivity contribution in [2.75, 3.05) is 13.2 Å². The molecule has 19 atom stereocenters. The molecule has 0 bridgehead atoms. The van der Waals surface area contributed by atoms with Crippen LogP contribution in [-0.4, -0.2) is 108 Å². The molecule has 0 aromatic carbocycles. The number of aliphatic hydroxyl groups excluding tert-OH is 4. The molecule has 68 heavy (non-hydrogen) atoms. The zero-order valence-electron chi connectivity index (χ0n) is 41.5. The molecule has 6 saturated carbocycles. The number of nitrogens with two attached hydrogens (primary N) is 1. The largest absolute Gasteiger partial charge is 0.396 e. The van der Waals surface area contributed by atoms with Gasteiger partial charge in [-0.15, -0.1) is 0 Å².